The minimum Gasteiger partial charge on any atom is -0.464 e. The zero-order valence-electron chi connectivity index (χ0n) is 9.29. The molecule has 5 heteroatoms. The van der Waals surface area contributed by atoms with Gasteiger partial charge >= 0.3 is 5.97 Å². The Morgan fingerprint density at radius 3 is 2.56 bits per heavy atom. The van der Waals surface area contributed by atoms with Crippen LogP contribution in [0, 0.1) is 4.91 Å². The molecule has 0 aliphatic rings. The van der Waals surface area contributed by atoms with Gasteiger partial charge in [0.05, 0.1) is 17.6 Å². The maximum absolute atomic E-state index is 11.5. The van der Waals surface area contributed by atoms with Crippen molar-refractivity contribution in [2.45, 2.75) is 19.9 Å². The largest absolute Gasteiger partial charge is 0.464 e. The summed E-state index contributed by atoms with van der Waals surface area (Å²) in [6.45, 7) is 3.57. The lowest BCUT2D eigenvalue weighted by Gasteiger charge is -2.20. The van der Waals surface area contributed by atoms with Crippen LogP contribution < -0.4 is 5.01 Å². The van der Waals surface area contributed by atoms with E-state index in [-0.39, 0.29) is 6.61 Å². The summed E-state index contributed by atoms with van der Waals surface area (Å²) in [5, 5.41) is 3.94. The minimum absolute atomic E-state index is 0.282. The van der Waals surface area contributed by atoms with Crippen LogP contribution in [0.3, 0.4) is 0 Å². The predicted octanol–water partition coefficient (Wildman–Crippen LogP) is 2.13. The van der Waals surface area contributed by atoms with Crippen LogP contribution in [-0.4, -0.2) is 18.6 Å². The van der Waals surface area contributed by atoms with Gasteiger partial charge in [-0.1, -0.05) is 18.2 Å². The number of carbonyl (C=O) groups is 1. The number of nitrogens with zero attached hydrogens (tertiary/aromatic N) is 2. The lowest BCUT2D eigenvalue weighted by Crippen LogP contribution is -2.36. The quantitative estimate of drug-likeness (QED) is 0.435. The van der Waals surface area contributed by atoms with E-state index in [1.165, 1.54) is 0 Å². The number of para-hydroxylation sites is 1. The normalized spacial score (nSPS) is 11.6. The van der Waals surface area contributed by atoms with Gasteiger partial charge < -0.3 is 4.74 Å². The zero-order valence-corrected chi connectivity index (χ0v) is 9.29. The van der Waals surface area contributed by atoms with Crippen LogP contribution in [0.2, 0.25) is 0 Å². The molecule has 0 spiro atoms. The summed E-state index contributed by atoms with van der Waals surface area (Å²) in [5.74, 6) is -0.467. The molecule has 0 N–H and O–H groups in total. The average molecular weight is 222 g/mol. The Morgan fingerprint density at radius 2 is 2.06 bits per heavy atom. The lowest BCUT2D eigenvalue weighted by atomic mass is 10.2. The highest BCUT2D eigenvalue weighted by atomic mass is 16.5. The monoisotopic (exact) mass is 222 g/mol. The second kappa shape index (κ2) is 5.85. The number of hydrogen-bond donors (Lipinski definition) is 0. The van der Waals surface area contributed by atoms with Crippen LogP contribution >= 0.6 is 0 Å². The van der Waals surface area contributed by atoms with E-state index in [1.54, 1.807) is 38.1 Å². The molecule has 0 aliphatic carbocycles. The number of anilines is 1. The third-order valence-corrected chi connectivity index (χ3v) is 2.10. The van der Waals surface area contributed by atoms with Crippen molar-refractivity contribution in [1.29, 1.82) is 0 Å². The third kappa shape index (κ3) is 2.79. The molecule has 0 aliphatic heterocycles. The number of esters is 1. The second-order valence-corrected chi connectivity index (χ2v) is 3.19. The van der Waals surface area contributed by atoms with E-state index < -0.39 is 12.0 Å². The summed E-state index contributed by atoms with van der Waals surface area (Å²) in [5.41, 5.74) is 0.568. The molecular formula is C11H14N2O3. The van der Waals surface area contributed by atoms with Crippen molar-refractivity contribution in [3.05, 3.63) is 35.2 Å². The molecule has 1 rings (SSSR count). The standard InChI is InChI=1S/C11H14N2O3/c1-3-16-11(14)9(2)13(12-15)10-7-5-4-6-8-10/h4-9H,3H2,1-2H3/t9-/m0/s1. The van der Waals surface area contributed by atoms with Gasteiger partial charge in [0.1, 0.15) is 0 Å². The van der Waals surface area contributed by atoms with Gasteiger partial charge in [0.25, 0.3) is 0 Å². The molecular weight excluding hydrogens is 208 g/mol. The van der Waals surface area contributed by atoms with Crippen molar-refractivity contribution in [3.8, 4) is 0 Å². The van der Waals surface area contributed by atoms with Crippen LogP contribution in [0.1, 0.15) is 13.8 Å². The van der Waals surface area contributed by atoms with Gasteiger partial charge in [0.15, 0.2) is 6.04 Å². The van der Waals surface area contributed by atoms with Crippen molar-refractivity contribution in [2.24, 2.45) is 5.29 Å². The fraction of sp³-hybridized carbons (Fsp3) is 0.364. The topological polar surface area (TPSA) is 59.0 Å². The molecule has 0 saturated carbocycles. The molecule has 1 aromatic carbocycles. The first-order valence-electron chi connectivity index (χ1n) is 5.05. The van der Waals surface area contributed by atoms with E-state index in [2.05, 4.69) is 5.29 Å². The van der Waals surface area contributed by atoms with E-state index >= 15 is 0 Å². The molecule has 16 heavy (non-hydrogen) atoms. The maximum atomic E-state index is 11.5. The van der Waals surface area contributed by atoms with Crippen LogP contribution in [0.5, 0.6) is 0 Å². The van der Waals surface area contributed by atoms with Crippen LogP contribution in [-0.2, 0) is 9.53 Å². The van der Waals surface area contributed by atoms with Crippen LogP contribution in [0.25, 0.3) is 0 Å². The van der Waals surface area contributed by atoms with Gasteiger partial charge in [0, 0.05) is 0 Å². The summed E-state index contributed by atoms with van der Waals surface area (Å²) < 4.78 is 4.83. The van der Waals surface area contributed by atoms with Crippen LogP contribution in [0.4, 0.5) is 5.69 Å². The minimum atomic E-state index is -0.722. The molecule has 1 atom stereocenters. The molecule has 0 bridgehead atoms. The summed E-state index contributed by atoms with van der Waals surface area (Å²) in [6.07, 6.45) is 0. The molecule has 0 saturated heterocycles. The van der Waals surface area contributed by atoms with E-state index in [1.807, 2.05) is 6.07 Å². The highest BCUT2D eigenvalue weighted by molar-refractivity contribution is 5.79. The van der Waals surface area contributed by atoms with Crippen molar-refractivity contribution < 1.29 is 9.53 Å². The fourth-order valence-electron chi connectivity index (χ4n) is 1.28. The van der Waals surface area contributed by atoms with Crippen molar-refractivity contribution >= 4 is 11.7 Å². The Hall–Kier alpha value is -1.91. The molecule has 0 heterocycles. The number of rotatable bonds is 5. The molecule has 0 aromatic heterocycles. The smallest absolute Gasteiger partial charge is 0.330 e. The lowest BCUT2D eigenvalue weighted by molar-refractivity contribution is -0.144. The summed E-state index contributed by atoms with van der Waals surface area (Å²) in [7, 11) is 0. The number of nitroso groups, excluding NO2 is 1. The second-order valence-electron chi connectivity index (χ2n) is 3.19. The average Bonchev–Trinajstić information content (AvgIpc) is 2.31. The number of ether oxygens (including phenoxy) is 1. The third-order valence-electron chi connectivity index (χ3n) is 2.10. The Bertz CT molecular complexity index is 354. The predicted molar refractivity (Wildman–Crippen MR) is 60.8 cm³/mol. The molecule has 0 unspecified atom stereocenters. The van der Waals surface area contributed by atoms with E-state index in [0.717, 1.165) is 5.01 Å². The van der Waals surface area contributed by atoms with E-state index in [9.17, 15) is 9.70 Å². The van der Waals surface area contributed by atoms with Crippen molar-refractivity contribution in [2.75, 3.05) is 11.6 Å². The SMILES string of the molecule is CCOC(=O)[C@H](C)N(N=O)c1ccccc1. The van der Waals surface area contributed by atoms with Gasteiger partial charge in [-0.15, -0.1) is 4.91 Å². The van der Waals surface area contributed by atoms with Gasteiger partial charge in [0.2, 0.25) is 0 Å². The first-order valence-corrected chi connectivity index (χ1v) is 5.05. The first-order chi connectivity index (χ1) is 7.70. The van der Waals surface area contributed by atoms with Gasteiger partial charge in [-0.3, -0.25) is 0 Å². The molecule has 5 nitrogen and oxygen atoms in total. The number of benzene rings is 1. The molecule has 0 fully saturated rings. The Morgan fingerprint density at radius 1 is 1.44 bits per heavy atom. The Kier molecular flexibility index (Phi) is 4.44. The van der Waals surface area contributed by atoms with Gasteiger partial charge in [-0.05, 0) is 26.0 Å². The number of carbonyl (C=O) groups excluding carboxylic acids is 1. The fourth-order valence-corrected chi connectivity index (χ4v) is 1.28. The van der Waals surface area contributed by atoms with Gasteiger partial charge in [-0.2, -0.15) is 0 Å². The summed E-state index contributed by atoms with van der Waals surface area (Å²) in [6, 6.07) is 8.05. The maximum Gasteiger partial charge on any atom is 0.330 e. The number of hydrogen-bond acceptors (Lipinski definition) is 4. The van der Waals surface area contributed by atoms with Crippen molar-refractivity contribution in [3.63, 3.8) is 0 Å². The molecule has 1 aromatic rings. The zero-order chi connectivity index (χ0) is 12.0. The van der Waals surface area contributed by atoms with E-state index in [4.69, 9.17) is 4.74 Å². The Balaban J connectivity index is 2.83. The Labute approximate surface area is 94.0 Å². The van der Waals surface area contributed by atoms with Gasteiger partial charge in [-0.25, -0.2) is 9.80 Å². The molecule has 0 radical (unpaired) electrons. The molecule has 86 valence electrons. The summed E-state index contributed by atoms with van der Waals surface area (Å²) >= 11 is 0. The van der Waals surface area contributed by atoms with Crippen LogP contribution in [0.15, 0.2) is 35.6 Å². The highest BCUT2D eigenvalue weighted by Gasteiger charge is 2.23. The van der Waals surface area contributed by atoms with E-state index in [0.29, 0.717) is 5.69 Å². The summed E-state index contributed by atoms with van der Waals surface area (Å²) in [4.78, 5) is 22.2. The highest BCUT2D eigenvalue weighted by Crippen LogP contribution is 2.17. The van der Waals surface area contributed by atoms with Crippen molar-refractivity contribution in [1.82, 2.24) is 0 Å². The molecule has 0 amide bonds. The first kappa shape index (κ1) is 12.2.